The predicted octanol–water partition coefficient (Wildman–Crippen LogP) is 2.35. The van der Waals surface area contributed by atoms with Crippen LogP contribution in [0.1, 0.15) is 21.5 Å². The van der Waals surface area contributed by atoms with E-state index in [1.165, 1.54) is 7.11 Å². The number of amides is 1. The molecule has 0 heterocycles. The topological polar surface area (TPSA) is 73.9 Å². The lowest BCUT2D eigenvalue weighted by molar-refractivity contribution is -0.120. The Labute approximate surface area is 146 Å². The van der Waals surface area contributed by atoms with Crippen LogP contribution in [0.2, 0.25) is 0 Å². The van der Waals surface area contributed by atoms with Crippen molar-refractivity contribution < 1.29 is 23.8 Å². The highest BCUT2D eigenvalue weighted by Gasteiger charge is 2.09. The molecule has 0 aliphatic heterocycles. The predicted molar refractivity (Wildman–Crippen MR) is 92.9 cm³/mol. The van der Waals surface area contributed by atoms with Gasteiger partial charge in [-0.1, -0.05) is 18.2 Å². The SMILES string of the molecule is COC(=O)c1ccc(CNC(=O)Cc2ccc(OC)c(OC)c2)cc1. The summed E-state index contributed by atoms with van der Waals surface area (Å²) < 4.78 is 15.1. The van der Waals surface area contributed by atoms with Crippen LogP contribution in [0.3, 0.4) is 0 Å². The fraction of sp³-hybridized carbons (Fsp3) is 0.263. The Bertz CT molecular complexity index is 740. The Balaban J connectivity index is 1.91. The van der Waals surface area contributed by atoms with E-state index in [0.717, 1.165) is 11.1 Å². The normalized spacial score (nSPS) is 10.0. The van der Waals surface area contributed by atoms with Crippen LogP contribution in [-0.4, -0.2) is 33.2 Å². The first-order chi connectivity index (χ1) is 12.1. The highest BCUT2D eigenvalue weighted by molar-refractivity contribution is 5.89. The average Bonchev–Trinajstić information content (AvgIpc) is 2.66. The van der Waals surface area contributed by atoms with E-state index in [0.29, 0.717) is 23.6 Å². The summed E-state index contributed by atoms with van der Waals surface area (Å²) in [7, 11) is 4.46. The minimum atomic E-state index is -0.385. The van der Waals surface area contributed by atoms with E-state index >= 15 is 0 Å². The van der Waals surface area contributed by atoms with Gasteiger partial charge < -0.3 is 19.5 Å². The molecule has 0 aliphatic rings. The molecule has 0 saturated heterocycles. The van der Waals surface area contributed by atoms with E-state index in [-0.39, 0.29) is 18.3 Å². The summed E-state index contributed by atoms with van der Waals surface area (Å²) in [5.74, 6) is 0.719. The molecule has 6 nitrogen and oxygen atoms in total. The van der Waals surface area contributed by atoms with Gasteiger partial charge >= 0.3 is 5.97 Å². The van der Waals surface area contributed by atoms with Gasteiger partial charge in [0.25, 0.3) is 0 Å². The maximum absolute atomic E-state index is 12.1. The summed E-state index contributed by atoms with van der Waals surface area (Å²) in [6.07, 6.45) is 0.237. The van der Waals surface area contributed by atoms with Gasteiger partial charge in [-0.05, 0) is 35.4 Å². The van der Waals surface area contributed by atoms with Crippen molar-refractivity contribution in [3.63, 3.8) is 0 Å². The molecule has 0 fully saturated rings. The van der Waals surface area contributed by atoms with Gasteiger partial charge in [0, 0.05) is 6.54 Å². The van der Waals surface area contributed by atoms with Crippen molar-refractivity contribution in [2.75, 3.05) is 21.3 Å². The van der Waals surface area contributed by atoms with E-state index in [1.54, 1.807) is 50.6 Å². The molecule has 0 radical (unpaired) electrons. The minimum Gasteiger partial charge on any atom is -0.493 e. The number of benzene rings is 2. The molecule has 25 heavy (non-hydrogen) atoms. The standard InChI is InChI=1S/C19H21NO5/c1-23-16-9-6-14(10-17(16)24-2)11-18(21)20-12-13-4-7-15(8-5-13)19(22)25-3/h4-10H,11-12H2,1-3H3,(H,20,21). The number of carbonyl (C=O) groups excluding carboxylic acids is 2. The van der Waals surface area contributed by atoms with Crippen molar-refractivity contribution in [3.8, 4) is 11.5 Å². The fourth-order valence-corrected chi connectivity index (χ4v) is 2.32. The van der Waals surface area contributed by atoms with Crippen molar-refractivity contribution in [2.24, 2.45) is 0 Å². The van der Waals surface area contributed by atoms with Gasteiger partial charge in [-0.2, -0.15) is 0 Å². The van der Waals surface area contributed by atoms with Gasteiger partial charge in [0.05, 0.1) is 33.3 Å². The van der Waals surface area contributed by atoms with E-state index in [4.69, 9.17) is 9.47 Å². The number of hydrogen-bond acceptors (Lipinski definition) is 5. The molecule has 0 bridgehead atoms. The third kappa shape index (κ3) is 4.97. The fourth-order valence-electron chi connectivity index (χ4n) is 2.32. The first-order valence-electron chi connectivity index (χ1n) is 7.72. The summed E-state index contributed by atoms with van der Waals surface area (Å²) in [5.41, 5.74) is 2.20. The Morgan fingerprint density at radius 3 is 2.12 bits per heavy atom. The van der Waals surface area contributed by atoms with E-state index in [1.807, 2.05) is 6.07 Å². The van der Waals surface area contributed by atoms with Crippen molar-refractivity contribution in [1.82, 2.24) is 5.32 Å². The van der Waals surface area contributed by atoms with Gasteiger partial charge in [-0.15, -0.1) is 0 Å². The molecule has 0 saturated carbocycles. The molecular weight excluding hydrogens is 322 g/mol. The second-order valence-electron chi connectivity index (χ2n) is 5.33. The molecule has 0 spiro atoms. The second kappa shape index (κ2) is 8.73. The highest BCUT2D eigenvalue weighted by atomic mass is 16.5. The largest absolute Gasteiger partial charge is 0.493 e. The molecule has 2 aromatic carbocycles. The number of rotatable bonds is 7. The molecule has 6 heteroatoms. The van der Waals surface area contributed by atoms with Crippen LogP contribution in [0.4, 0.5) is 0 Å². The maximum atomic E-state index is 12.1. The van der Waals surface area contributed by atoms with E-state index in [2.05, 4.69) is 10.1 Å². The highest BCUT2D eigenvalue weighted by Crippen LogP contribution is 2.27. The van der Waals surface area contributed by atoms with Crippen LogP contribution < -0.4 is 14.8 Å². The summed E-state index contributed by atoms with van der Waals surface area (Å²) in [6.45, 7) is 0.383. The molecule has 132 valence electrons. The zero-order chi connectivity index (χ0) is 18.2. The van der Waals surface area contributed by atoms with Gasteiger partial charge in [-0.3, -0.25) is 4.79 Å². The quantitative estimate of drug-likeness (QED) is 0.781. The average molecular weight is 343 g/mol. The van der Waals surface area contributed by atoms with Crippen LogP contribution in [0.25, 0.3) is 0 Å². The molecular formula is C19H21NO5. The van der Waals surface area contributed by atoms with Crippen LogP contribution in [0.5, 0.6) is 11.5 Å². The molecule has 2 aromatic rings. The van der Waals surface area contributed by atoms with E-state index < -0.39 is 0 Å². The van der Waals surface area contributed by atoms with Gasteiger partial charge in [0.2, 0.25) is 5.91 Å². The Morgan fingerprint density at radius 1 is 0.880 bits per heavy atom. The van der Waals surface area contributed by atoms with Crippen LogP contribution in [0, 0.1) is 0 Å². The first kappa shape index (κ1) is 18.3. The van der Waals surface area contributed by atoms with Crippen LogP contribution >= 0.6 is 0 Å². The number of nitrogens with one attached hydrogen (secondary N) is 1. The third-order valence-electron chi connectivity index (χ3n) is 3.68. The number of carbonyl (C=O) groups is 2. The van der Waals surface area contributed by atoms with E-state index in [9.17, 15) is 9.59 Å². The minimum absolute atomic E-state index is 0.107. The monoisotopic (exact) mass is 343 g/mol. The second-order valence-corrected chi connectivity index (χ2v) is 5.33. The van der Waals surface area contributed by atoms with Crippen LogP contribution in [0.15, 0.2) is 42.5 Å². The van der Waals surface area contributed by atoms with Crippen LogP contribution in [-0.2, 0) is 22.5 Å². The maximum Gasteiger partial charge on any atom is 0.337 e. The third-order valence-corrected chi connectivity index (χ3v) is 3.68. The van der Waals surface area contributed by atoms with Crippen molar-refractivity contribution >= 4 is 11.9 Å². The molecule has 2 rings (SSSR count). The number of hydrogen-bond donors (Lipinski definition) is 1. The molecule has 0 aromatic heterocycles. The molecule has 0 unspecified atom stereocenters. The van der Waals surface area contributed by atoms with Gasteiger partial charge in [0.1, 0.15) is 0 Å². The molecule has 0 aliphatic carbocycles. The Morgan fingerprint density at radius 2 is 1.52 bits per heavy atom. The lowest BCUT2D eigenvalue weighted by atomic mass is 10.1. The van der Waals surface area contributed by atoms with Crippen molar-refractivity contribution in [3.05, 3.63) is 59.2 Å². The number of esters is 1. The summed E-state index contributed by atoms with van der Waals surface area (Å²) in [5, 5.41) is 2.85. The zero-order valence-electron chi connectivity index (χ0n) is 14.5. The Kier molecular flexibility index (Phi) is 6.39. The first-order valence-corrected chi connectivity index (χ1v) is 7.72. The molecule has 0 atom stereocenters. The number of ether oxygens (including phenoxy) is 3. The lowest BCUT2D eigenvalue weighted by Gasteiger charge is -2.10. The summed E-state index contributed by atoms with van der Waals surface area (Å²) >= 11 is 0. The molecule has 1 N–H and O–H groups in total. The van der Waals surface area contributed by atoms with Gasteiger partial charge in [0.15, 0.2) is 11.5 Å². The zero-order valence-corrected chi connectivity index (χ0v) is 14.5. The van der Waals surface area contributed by atoms with Gasteiger partial charge in [-0.25, -0.2) is 4.79 Å². The Hall–Kier alpha value is -3.02. The van der Waals surface area contributed by atoms with Crippen molar-refractivity contribution in [2.45, 2.75) is 13.0 Å². The summed E-state index contributed by atoms with van der Waals surface area (Å²) in [4.78, 5) is 23.5. The molecule has 1 amide bonds. The number of methoxy groups -OCH3 is 3. The smallest absolute Gasteiger partial charge is 0.337 e. The summed E-state index contributed by atoms with van der Waals surface area (Å²) in [6, 6.07) is 12.3. The van der Waals surface area contributed by atoms with Crippen molar-refractivity contribution in [1.29, 1.82) is 0 Å². The lowest BCUT2D eigenvalue weighted by Crippen LogP contribution is -2.24.